The Hall–Kier alpha value is -2.84. The lowest BCUT2D eigenvalue weighted by atomic mass is 9.99. The van der Waals surface area contributed by atoms with Crippen molar-refractivity contribution in [2.24, 2.45) is 0 Å². The van der Waals surface area contributed by atoms with Gasteiger partial charge in [-0.2, -0.15) is 0 Å². The fourth-order valence-corrected chi connectivity index (χ4v) is 3.78. The Kier molecular flexibility index (Phi) is 7.64. The van der Waals surface area contributed by atoms with Crippen LogP contribution in [0.5, 0.6) is 5.75 Å². The minimum absolute atomic E-state index is 0.193. The van der Waals surface area contributed by atoms with Gasteiger partial charge in [-0.25, -0.2) is 9.78 Å². The van der Waals surface area contributed by atoms with Crippen molar-refractivity contribution in [1.29, 1.82) is 0 Å². The van der Waals surface area contributed by atoms with Crippen LogP contribution in [0.1, 0.15) is 40.2 Å². The molecule has 0 bridgehead atoms. The number of nitrogens with two attached hydrogens (primary N) is 1. The zero-order valence-corrected chi connectivity index (χ0v) is 19.0. The summed E-state index contributed by atoms with van der Waals surface area (Å²) in [4.78, 5) is 16.7. The van der Waals surface area contributed by atoms with E-state index in [2.05, 4.69) is 10.3 Å². The summed E-state index contributed by atoms with van der Waals surface area (Å²) >= 11 is 1.29. The van der Waals surface area contributed by atoms with Gasteiger partial charge in [-0.3, -0.25) is 5.32 Å². The molecule has 0 spiro atoms. The number of benzene rings is 2. The molecule has 0 aliphatic heterocycles. The highest BCUT2D eigenvalue weighted by Crippen LogP contribution is 2.43. The first kappa shape index (κ1) is 23.4. The van der Waals surface area contributed by atoms with Crippen LogP contribution in [0.15, 0.2) is 30.3 Å². The first-order valence-corrected chi connectivity index (χ1v) is 10.5. The Labute approximate surface area is 180 Å². The van der Waals surface area contributed by atoms with E-state index in [0.29, 0.717) is 33.2 Å². The second-order valence-corrected chi connectivity index (χ2v) is 8.25. The molecule has 30 heavy (non-hydrogen) atoms. The highest BCUT2D eigenvalue weighted by molar-refractivity contribution is 7.22. The monoisotopic (exact) mass is 431 g/mol. The topological polar surface area (TPSA) is 107 Å². The van der Waals surface area contributed by atoms with Gasteiger partial charge in [-0.05, 0) is 44.5 Å². The summed E-state index contributed by atoms with van der Waals surface area (Å²) in [5.74, 6) is 0.523. The Morgan fingerprint density at radius 2 is 1.97 bits per heavy atom. The number of nitrogens with zero attached hydrogens (tertiary/aromatic N) is 1. The second-order valence-electron chi connectivity index (χ2n) is 7.22. The summed E-state index contributed by atoms with van der Waals surface area (Å²) < 4.78 is 11.7. The summed E-state index contributed by atoms with van der Waals surface area (Å²) in [5, 5.41) is 12.9. The van der Waals surface area contributed by atoms with Crippen molar-refractivity contribution in [3.8, 4) is 16.9 Å². The smallest absolute Gasteiger partial charge is 0.413 e. The Balaban J connectivity index is 0.00000155. The number of aliphatic hydroxyl groups excluding tert-OH is 1. The maximum atomic E-state index is 12.1. The predicted molar refractivity (Wildman–Crippen MR) is 123 cm³/mol. The molecule has 3 aromatic rings. The molecule has 4 N–H and O–H groups in total. The molecule has 0 aliphatic carbocycles. The first-order valence-electron chi connectivity index (χ1n) is 9.69. The van der Waals surface area contributed by atoms with E-state index in [4.69, 9.17) is 15.2 Å². The van der Waals surface area contributed by atoms with Crippen molar-refractivity contribution >= 4 is 38.5 Å². The molecule has 0 aliphatic rings. The molecule has 1 amide bonds. The zero-order chi connectivity index (χ0) is 22.5. The largest absolute Gasteiger partial charge is 0.496 e. The molecule has 0 atom stereocenters. The lowest BCUT2D eigenvalue weighted by molar-refractivity contribution is 0.0636. The van der Waals surface area contributed by atoms with Gasteiger partial charge in [-0.1, -0.05) is 37.3 Å². The van der Waals surface area contributed by atoms with E-state index in [-0.39, 0.29) is 6.61 Å². The highest BCUT2D eigenvalue weighted by Gasteiger charge is 2.21. The number of aromatic nitrogens is 1. The molecule has 1 heterocycles. The molecular weight excluding hydrogens is 402 g/mol. The lowest BCUT2D eigenvalue weighted by Gasteiger charge is -2.18. The molecule has 0 saturated heterocycles. The summed E-state index contributed by atoms with van der Waals surface area (Å²) in [6.07, 6.45) is -0.577. The van der Waals surface area contributed by atoms with E-state index in [9.17, 15) is 9.90 Å². The Morgan fingerprint density at radius 1 is 1.27 bits per heavy atom. The number of carbonyl (C=O) groups is 1. The zero-order valence-electron chi connectivity index (χ0n) is 18.2. The molecule has 7 nitrogen and oxygen atoms in total. The molecule has 0 unspecified atom stereocenters. The van der Waals surface area contributed by atoms with Gasteiger partial charge in [0.05, 0.1) is 29.5 Å². The van der Waals surface area contributed by atoms with Crippen LogP contribution in [0.25, 0.3) is 21.3 Å². The SMILES string of the molecule is CC.COc1c(CO)cc2sc(NC(=O)OC(C)(C)C)nc2c1-c1cccc(N)c1. The van der Waals surface area contributed by atoms with E-state index in [1.54, 1.807) is 33.9 Å². The number of nitrogen functional groups attached to an aromatic ring is 1. The number of thiazole rings is 1. The van der Waals surface area contributed by atoms with Crippen LogP contribution in [-0.2, 0) is 11.3 Å². The molecule has 2 aromatic carbocycles. The van der Waals surface area contributed by atoms with Gasteiger partial charge in [0, 0.05) is 11.3 Å². The Bertz CT molecular complexity index is 1030. The molecule has 1 aromatic heterocycles. The van der Waals surface area contributed by atoms with Crippen LogP contribution in [0.2, 0.25) is 0 Å². The van der Waals surface area contributed by atoms with Crippen molar-refractivity contribution < 1.29 is 19.4 Å². The maximum Gasteiger partial charge on any atom is 0.413 e. The number of amides is 1. The molecule has 8 heteroatoms. The van der Waals surface area contributed by atoms with E-state index in [1.807, 2.05) is 38.1 Å². The number of hydrogen-bond donors (Lipinski definition) is 3. The van der Waals surface area contributed by atoms with Crippen LogP contribution in [0, 0.1) is 0 Å². The third-order valence-corrected chi connectivity index (χ3v) is 4.79. The van der Waals surface area contributed by atoms with Gasteiger partial charge in [-0.15, -0.1) is 0 Å². The predicted octanol–water partition coefficient (Wildman–Crippen LogP) is 5.42. The standard InChI is InChI=1S/C20H23N3O4S.C2H6/c1-20(2,3)27-19(25)23-18-22-16-14(28-18)9-12(10-24)17(26-4)15(16)11-6-5-7-13(21)8-11;1-2/h5-9,24H,10,21H2,1-4H3,(H,22,23,25);1-2H3. The van der Waals surface area contributed by atoms with E-state index < -0.39 is 11.7 Å². The molecule has 162 valence electrons. The minimum Gasteiger partial charge on any atom is -0.496 e. The van der Waals surface area contributed by atoms with Crippen molar-refractivity contribution in [1.82, 2.24) is 4.98 Å². The molecule has 0 radical (unpaired) electrons. The average Bonchev–Trinajstić information content (AvgIpc) is 3.07. The number of fused-ring (bicyclic) bond motifs is 1. The molecule has 0 fully saturated rings. The van der Waals surface area contributed by atoms with Gasteiger partial charge >= 0.3 is 6.09 Å². The maximum absolute atomic E-state index is 12.1. The molecule has 0 saturated carbocycles. The molecular formula is C22H29N3O4S. The van der Waals surface area contributed by atoms with Crippen molar-refractivity contribution in [2.75, 3.05) is 18.2 Å². The number of methoxy groups -OCH3 is 1. The van der Waals surface area contributed by atoms with Gasteiger partial charge in [0.2, 0.25) is 0 Å². The van der Waals surface area contributed by atoms with E-state index in [1.165, 1.54) is 11.3 Å². The van der Waals surface area contributed by atoms with Gasteiger partial charge < -0.3 is 20.3 Å². The van der Waals surface area contributed by atoms with Crippen LogP contribution < -0.4 is 15.8 Å². The minimum atomic E-state index is -0.610. The number of ether oxygens (including phenoxy) is 2. The van der Waals surface area contributed by atoms with Gasteiger partial charge in [0.1, 0.15) is 11.4 Å². The van der Waals surface area contributed by atoms with Crippen LogP contribution >= 0.6 is 11.3 Å². The van der Waals surface area contributed by atoms with Crippen molar-refractivity contribution in [2.45, 2.75) is 46.8 Å². The number of carbonyl (C=O) groups excluding carboxylic acids is 1. The second kappa shape index (κ2) is 9.77. The molecule has 3 rings (SSSR count). The summed E-state index contributed by atoms with van der Waals surface area (Å²) in [6, 6.07) is 9.16. The third-order valence-electron chi connectivity index (χ3n) is 3.87. The summed E-state index contributed by atoms with van der Waals surface area (Å²) in [6.45, 7) is 9.19. The normalized spacial score (nSPS) is 10.9. The van der Waals surface area contributed by atoms with Crippen LogP contribution in [0.4, 0.5) is 15.6 Å². The Morgan fingerprint density at radius 3 is 2.53 bits per heavy atom. The fraction of sp³-hybridized carbons (Fsp3) is 0.364. The number of anilines is 2. The quantitative estimate of drug-likeness (QED) is 0.476. The highest BCUT2D eigenvalue weighted by atomic mass is 32.1. The van der Waals surface area contributed by atoms with Crippen LogP contribution in [0.3, 0.4) is 0 Å². The number of aliphatic hydroxyl groups is 1. The first-order chi connectivity index (χ1) is 14.2. The van der Waals surface area contributed by atoms with Gasteiger partial charge in [0.15, 0.2) is 5.13 Å². The number of hydrogen-bond acceptors (Lipinski definition) is 7. The van der Waals surface area contributed by atoms with Gasteiger partial charge in [0.25, 0.3) is 0 Å². The third kappa shape index (κ3) is 5.40. The number of rotatable bonds is 4. The van der Waals surface area contributed by atoms with Crippen molar-refractivity contribution in [3.63, 3.8) is 0 Å². The lowest BCUT2D eigenvalue weighted by Crippen LogP contribution is -2.27. The number of nitrogens with one attached hydrogen (secondary N) is 1. The fourth-order valence-electron chi connectivity index (χ4n) is 2.86. The van der Waals surface area contributed by atoms with Crippen molar-refractivity contribution in [3.05, 3.63) is 35.9 Å². The summed E-state index contributed by atoms with van der Waals surface area (Å²) in [7, 11) is 1.54. The average molecular weight is 432 g/mol. The summed E-state index contributed by atoms with van der Waals surface area (Å²) in [5.41, 5.74) is 8.74. The van der Waals surface area contributed by atoms with E-state index in [0.717, 1.165) is 10.3 Å². The van der Waals surface area contributed by atoms with Crippen LogP contribution in [-0.4, -0.2) is 28.9 Å². The van der Waals surface area contributed by atoms with E-state index >= 15 is 0 Å².